The first kappa shape index (κ1) is 19.1. The molecule has 154 valence electrons. The maximum atomic E-state index is 13.1. The van der Waals surface area contributed by atoms with Gasteiger partial charge in [0.25, 0.3) is 5.91 Å². The normalized spacial score (nSPS) is 25.9. The van der Waals surface area contributed by atoms with Crippen LogP contribution >= 0.6 is 11.3 Å². The minimum atomic E-state index is -0.928. The van der Waals surface area contributed by atoms with Crippen molar-refractivity contribution in [2.24, 2.45) is 23.7 Å². The van der Waals surface area contributed by atoms with Gasteiger partial charge in [0.15, 0.2) is 0 Å². The largest absolute Gasteiger partial charge is 0.481 e. The maximum absolute atomic E-state index is 13.1. The topological polar surface area (TPSA) is 95.5 Å². The third-order valence-electron chi connectivity index (χ3n) is 6.46. The third-order valence-corrected chi connectivity index (χ3v) is 7.67. The number of aliphatic carboxylic acids is 1. The number of allylic oxidation sites excluding steroid dienone is 2. The van der Waals surface area contributed by atoms with E-state index < -0.39 is 17.8 Å². The van der Waals surface area contributed by atoms with E-state index >= 15 is 0 Å². The molecule has 3 aliphatic rings. The lowest BCUT2D eigenvalue weighted by Crippen LogP contribution is -2.36. The number of carbonyl (C=O) groups is 3. The molecule has 1 fully saturated rings. The lowest BCUT2D eigenvalue weighted by atomic mass is 9.82. The molecule has 0 spiro atoms. The predicted molar refractivity (Wildman–Crippen MR) is 115 cm³/mol. The van der Waals surface area contributed by atoms with E-state index in [0.717, 1.165) is 29.7 Å². The molecule has 7 heteroatoms. The Labute approximate surface area is 178 Å². The number of rotatable bonds is 5. The number of carboxylic acids is 1. The van der Waals surface area contributed by atoms with Gasteiger partial charge in [0.05, 0.1) is 17.4 Å². The Balaban J connectivity index is 1.42. The summed E-state index contributed by atoms with van der Waals surface area (Å²) in [5.74, 6) is -2.90. The quantitative estimate of drug-likeness (QED) is 0.636. The fourth-order valence-corrected chi connectivity index (χ4v) is 6.45. The minimum Gasteiger partial charge on any atom is -0.481 e. The Kier molecular flexibility index (Phi) is 4.70. The SMILES string of the molecule is O=C(Nc1ccccc1)c1c(NC(=O)[C@@H]2[C@@H](C(=O)O)[C@H]3C=C[C@@H]2C3)sc2c1CCC2. The molecule has 2 aromatic rings. The Bertz CT molecular complexity index is 1060. The van der Waals surface area contributed by atoms with E-state index in [0.29, 0.717) is 22.7 Å². The van der Waals surface area contributed by atoms with Crippen LogP contribution in [0.5, 0.6) is 0 Å². The van der Waals surface area contributed by atoms with Crippen molar-refractivity contribution in [2.75, 3.05) is 10.6 Å². The van der Waals surface area contributed by atoms with E-state index in [1.807, 2.05) is 42.5 Å². The fraction of sp³-hybridized carbons (Fsp3) is 0.348. The second-order valence-corrected chi connectivity index (χ2v) is 9.31. The summed E-state index contributed by atoms with van der Waals surface area (Å²) in [6.07, 6.45) is 7.30. The molecule has 4 atom stereocenters. The van der Waals surface area contributed by atoms with Crippen molar-refractivity contribution in [2.45, 2.75) is 25.7 Å². The van der Waals surface area contributed by atoms with E-state index in [2.05, 4.69) is 10.6 Å². The van der Waals surface area contributed by atoms with Gasteiger partial charge < -0.3 is 15.7 Å². The molecule has 2 amide bonds. The van der Waals surface area contributed by atoms with Crippen molar-refractivity contribution in [3.8, 4) is 0 Å². The van der Waals surface area contributed by atoms with Crippen molar-refractivity contribution in [1.82, 2.24) is 0 Å². The number of hydrogen-bond acceptors (Lipinski definition) is 4. The first-order valence-corrected chi connectivity index (χ1v) is 11.1. The van der Waals surface area contributed by atoms with Crippen LogP contribution < -0.4 is 10.6 Å². The number of thiophene rings is 1. The first-order valence-electron chi connectivity index (χ1n) is 10.3. The average Bonchev–Trinajstić information content (AvgIpc) is 3.48. The van der Waals surface area contributed by atoms with Crippen molar-refractivity contribution in [3.63, 3.8) is 0 Å². The Morgan fingerprint density at radius 1 is 0.967 bits per heavy atom. The van der Waals surface area contributed by atoms with Gasteiger partial charge in [-0.3, -0.25) is 14.4 Å². The number of amides is 2. The van der Waals surface area contributed by atoms with Gasteiger partial charge in [-0.1, -0.05) is 30.4 Å². The zero-order valence-electron chi connectivity index (χ0n) is 16.3. The smallest absolute Gasteiger partial charge is 0.307 e. The fourth-order valence-electron chi connectivity index (χ4n) is 5.16. The van der Waals surface area contributed by atoms with E-state index in [4.69, 9.17) is 0 Å². The summed E-state index contributed by atoms with van der Waals surface area (Å²) in [5, 5.41) is 16.0. The standard InChI is InChI=1S/C23H22N2O4S/c26-20(17-12-9-10-13(11-12)18(17)23(28)29)25-22-19(15-7-4-8-16(15)30-22)21(27)24-14-5-2-1-3-6-14/h1-3,5-6,9-10,12-13,17-18H,4,7-8,11H2,(H,24,27)(H,25,26)(H,28,29)/t12-,13+,17+,18+/m1/s1. The predicted octanol–water partition coefficient (Wildman–Crippen LogP) is 3.95. The van der Waals surface area contributed by atoms with Gasteiger partial charge in [0.2, 0.25) is 5.91 Å². The summed E-state index contributed by atoms with van der Waals surface area (Å²) in [4.78, 5) is 39.1. The summed E-state index contributed by atoms with van der Waals surface area (Å²) < 4.78 is 0. The molecular weight excluding hydrogens is 400 g/mol. The molecule has 0 radical (unpaired) electrons. The number of para-hydroxylation sites is 1. The molecule has 3 N–H and O–H groups in total. The van der Waals surface area contributed by atoms with Crippen LogP contribution in [0.15, 0.2) is 42.5 Å². The van der Waals surface area contributed by atoms with Gasteiger partial charge in [-0.15, -0.1) is 11.3 Å². The zero-order chi connectivity index (χ0) is 20.8. The summed E-state index contributed by atoms with van der Waals surface area (Å²) in [5.41, 5.74) is 2.23. The lowest BCUT2D eigenvalue weighted by molar-refractivity contribution is -0.146. The Morgan fingerprint density at radius 2 is 1.70 bits per heavy atom. The maximum Gasteiger partial charge on any atom is 0.307 e. The summed E-state index contributed by atoms with van der Waals surface area (Å²) in [6.45, 7) is 0. The van der Waals surface area contributed by atoms with Gasteiger partial charge >= 0.3 is 5.97 Å². The molecular formula is C23H22N2O4S. The molecule has 2 bridgehead atoms. The molecule has 1 heterocycles. The lowest BCUT2D eigenvalue weighted by Gasteiger charge is -2.23. The van der Waals surface area contributed by atoms with Crippen LogP contribution in [-0.2, 0) is 22.4 Å². The minimum absolute atomic E-state index is 0.0514. The molecule has 0 saturated heterocycles. The van der Waals surface area contributed by atoms with Crippen LogP contribution in [-0.4, -0.2) is 22.9 Å². The molecule has 1 aromatic carbocycles. The van der Waals surface area contributed by atoms with Crippen LogP contribution in [0.2, 0.25) is 0 Å². The number of aryl methyl sites for hydroxylation is 1. The van der Waals surface area contributed by atoms with Crippen molar-refractivity contribution >= 4 is 39.8 Å². The van der Waals surface area contributed by atoms with Crippen molar-refractivity contribution in [1.29, 1.82) is 0 Å². The van der Waals surface area contributed by atoms with Crippen LogP contribution in [0.25, 0.3) is 0 Å². The molecule has 3 aliphatic carbocycles. The van der Waals surface area contributed by atoms with Gasteiger partial charge in [-0.25, -0.2) is 0 Å². The average molecular weight is 423 g/mol. The number of nitrogens with one attached hydrogen (secondary N) is 2. The monoisotopic (exact) mass is 422 g/mol. The highest BCUT2D eigenvalue weighted by molar-refractivity contribution is 7.17. The summed E-state index contributed by atoms with van der Waals surface area (Å²) >= 11 is 1.45. The van der Waals surface area contributed by atoms with Crippen molar-refractivity contribution < 1.29 is 19.5 Å². The second-order valence-electron chi connectivity index (χ2n) is 8.21. The van der Waals surface area contributed by atoms with E-state index in [1.54, 1.807) is 0 Å². The molecule has 0 unspecified atom stereocenters. The third kappa shape index (κ3) is 3.13. The van der Waals surface area contributed by atoms with E-state index in [1.165, 1.54) is 11.3 Å². The van der Waals surface area contributed by atoms with Gasteiger partial charge in [0.1, 0.15) is 5.00 Å². The molecule has 6 nitrogen and oxygen atoms in total. The number of anilines is 2. The van der Waals surface area contributed by atoms with E-state index in [9.17, 15) is 19.5 Å². The van der Waals surface area contributed by atoms with Crippen molar-refractivity contribution in [3.05, 3.63) is 58.5 Å². The zero-order valence-corrected chi connectivity index (χ0v) is 17.1. The first-order chi connectivity index (χ1) is 14.5. The van der Waals surface area contributed by atoms with Crippen LogP contribution in [0.1, 0.15) is 33.6 Å². The molecule has 0 aliphatic heterocycles. The van der Waals surface area contributed by atoms with E-state index in [-0.39, 0.29) is 23.7 Å². The number of benzene rings is 1. The summed E-state index contributed by atoms with van der Waals surface area (Å²) in [7, 11) is 0. The summed E-state index contributed by atoms with van der Waals surface area (Å²) in [6, 6.07) is 9.23. The number of hydrogen-bond donors (Lipinski definition) is 3. The van der Waals surface area contributed by atoms with Gasteiger partial charge in [-0.05, 0) is 55.2 Å². The molecule has 30 heavy (non-hydrogen) atoms. The second kappa shape index (κ2) is 7.40. The number of fused-ring (bicyclic) bond motifs is 3. The highest BCUT2D eigenvalue weighted by Gasteiger charge is 2.51. The highest BCUT2D eigenvalue weighted by Crippen LogP contribution is 2.49. The van der Waals surface area contributed by atoms with Crippen LogP contribution in [0.4, 0.5) is 10.7 Å². The Hall–Kier alpha value is -2.93. The van der Waals surface area contributed by atoms with Gasteiger partial charge in [-0.2, -0.15) is 0 Å². The molecule has 1 saturated carbocycles. The highest BCUT2D eigenvalue weighted by atomic mass is 32.1. The number of carboxylic acid groups (broad SMARTS) is 1. The molecule has 5 rings (SSSR count). The Morgan fingerprint density at radius 3 is 2.43 bits per heavy atom. The van der Waals surface area contributed by atoms with Crippen LogP contribution in [0, 0.1) is 23.7 Å². The molecule has 1 aromatic heterocycles. The van der Waals surface area contributed by atoms with Gasteiger partial charge in [0, 0.05) is 10.6 Å². The number of carbonyl (C=O) groups excluding carboxylic acids is 2. The van der Waals surface area contributed by atoms with Crippen LogP contribution in [0.3, 0.4) is 0 Å².